The number of unbranched alkanes of at least 4 members (excludes halogenated alkanes) is 6. The van der Waals surface area contributed by atoms with Gasteiger partial charge in [0.05, 0.1) is 6.42 Å². The summed E-state index contributed by atoms with van der Waals surface area (Å²) in [6.07, 6.45) is 8.68. The normalized spacial score (nSPS) is 11.6. The number of nitrogens with two attached hydrogens (primary N) is 1. The van der Waals surface area contributed by atoms with E-state index < -0.39 is 11.9 Å². The number of primary amides is 1. The maximum atomic E-state index is 12.3. The molecular formula is C22H35N3O3. The van der Waals surface area contributed by atoms with Crippen LogP contribution in [-0.2, 0) is 20.8 Å². The third kappa shape index (κ3) is 11.4. The van der Waals surface area contributed by atoms with E-state index in [-0.39, 0.29) is 18.2 Å². The molecule has 6 heteroatoms. The van der Waals surface area contributed by atoms with Gasteiger partial charge in [-0.25, -0.2) is 0 Å². The Morgan fingerprint density at radius 3 is 2.25 bits per heavy atom. The minimum absolute atomic E-state index is 0.195. The summed E-state index contributed by atoms with van der Waals surface area (Å²) in [6.45, 7) is 2.62. The van der Waals surface area contributed by atoms with Crippen LogP contribution in [0.2, 0.25) is 0 Å². The van der Waals surface area contributed by atoms with Crippen molar-refractivity contribution in [1.29, 1.82) is 0 Å². The second-order valence-electron chi connectivity index (χ2n) is 7.19. The van der Waals surface area contributed by atoms with Crippen LogP contribution < -0.4 is 16.4 Å². The Morgan fingerprint density at radius 2 is 1.61 bits per heavy atom. The number of nitrogens with one attached hydrogen (secondary N) is 2. The van der Waals surface area contributed by atoms with Crippen LogP contribution >= 0.6 is 0 Å². The summed E-state index contributed by atoms with van der Waals surface area (Å²) >= 11 is 0. The minimum atomic E-state index is -0.912. The first-order valence-corrected chi connectivity index (χ1v) is 10.4. The molecule has 0 saturated carbocycles. The number of carbonyl (C=O) groups is 3. The first-order valence-electron chi connectivity index (χ1n) is 10.4. The molecule has 0 aliphatic rings. The van der Waals surface area contributed by atoms with E-state index >= 15 is 0 Å². The van der Waals surface area contributed by atoms with Gasteiger partial charge in [0.2, 0.25) is 17.7 Å². The summed E-state index contributed by atoms with van der Waals surface area (Å²) in [7, 11) is 0. The highest BCUT2D eigenvalue weighted by molar-refractivity contribution is 5.91. The highest BCUT2D eigenvalue weighted by Gasteiger charge is 2.22. The summed E-state index contributed by atoms with van der Waals surface area (Å²) in [5.41, 5.74) is 6.34. The zero-order chi connectivity index (χ0) is 20.6. The Balaban J connectivity index is 2.32. The molecule has 1 aromatic carbocycles. The largest absolute Gasteiger partial charge is 0.370 e. The van der Waals surface area contributed by atoms with E-state index in [2.05, 4.69) is 17.6 Å². The van der Waals surface area contributed by atoms with Crippen LogP contribution in [0.3, 0.4) is 0 Å². The van der Waals surface area contributed by atoms with Crippen LogP contribution in [-0.4, -0.2) is 30.3 Å². The zero-order valence-electron chi connectivity index (χ0n) is 17.0. The van der Waals surface area contributed by atoms with Crippen molar-refractivity contribution in [1.82, 2.24) is 10.6 Å². The molecule has 0 spiro atoms. The zero-order valence-corrected chi connectivity index (χ0v) is 17.0. The molecule has 0 aromatic heterocycles. The molecule has 3 amide bonds. The van der Waals surface area contributed by atoms with Crippen molar-refractivity contribution < 1.29 is 14.4 Å². The van der Waals surface area contributed by atoms with Gasteiger partial charge in [0.1, 0.15) is 6.04 Å². The molecule has 156 valence electrons. The van der Waals surface area contributed by atoms with Gasteiger partial charge in [-0.1, -0.05) is 75.8 Å². The van der Waals surface area contributed by atoms with Gasteiger partial charge < -0.3 is 16.4 Å². The minimum Gasteiger partial charge on any atom is -0.370 e. The van der Waals surface area contributed by atoms with Gasteiger partial charge >= 0.3 is 0 Å². The number of hydrogen-bond acceptors (Lipinski definition) is 3. The van der Waals surface area contributed by atoms with Gasteiger partial charge in [-0.3, -0.25) is 14.4 Å². The molecule has 1 rings (SSSR count). The van der Waals surface area contributed by atoms with Crippen molar-refractivity contribution in [3.63, 3.8) is 0 Å². The molecule has 1 atom stereocenters. The SMILES string of the molecule is CCCCCCCCCC(=O)N[C@H](CC(N)=O)C(=O)NCCc1ccccc1. The Hall–Kier alpha value is -2.37. The van der Waals surface area contributed by atoms with Crippen molar-refractivity contribution in [3.05, 3.63) is 35.9 Å². The Kier molecular flexibility index (Phi) is 12.4. The predicted molar refractivity (Wildman–Crippen MR) is 112 cm³/mol. The number of benzene rings is 1. The molecule has 0 aliphatic carbocycles. The number of carbonyl (C=O) groups excluding carboxylic acids is 3. The summed E-state index contributed by atoms with van der Waals surface area (Å²) in [6, 6.07) is 8.87. The van der Waals surface area contributed by atoms with Gasteiger partial charge in [-0.05, 0) is 18.4 Å². The summed E-state index contributed by atoms with van der Waals surface area (Å²) in [5, 5.41) is 5.43. The van der Waals surface area contributed by atoms with E-state index in [1.807, 2.05) is 30.3 Å². The van der Waals surface area contributed by atoms with E-state index in [0.29, 0.717) is 19.4 Å². The lowest BCUT2D eigenvalue weighted by molar-refractivity contribution is -0.131. The molecule has 6 nitrogen and oxygen atoms in total. The third-order valence-corrected chi connectivity index (χ3v) is 4.62. The van der Waals surface area contributed by atoms with Gasteiger partial charge in [0.15, 0.2) is 0 Å². The van der Waals surface area contributed by atoms with Crippen LogP contribution in [0.15, 0.2) is 30.3 Å². The summed E-state index contributed by atoms with van der Waals surface area (Å²) in [4.78, 5) is 35.7. The van der Waals surface area contributed by atoms with Crippen molar-refractivity contribution in [2.75, 3.05) is 6.54 Å². The van der Waals surface area contributed by atoms with E-state index in [4.69, 9.17) is 5.73 Å². The van der Waals surface area contributed by atoms with E-state index in [1.54, 1.807) is 0 Å². The lowest BCUT2D eigenvalue weighted by Gasteiger charge is -2.17. The Morgan fingerprint density at radius 1 is 0.964 bits per heavy atom. The summed E-state index contributed by atoms with van der Waals surface area (Å²) in [5.74, 6) is -1.19. The Labute approximate surface area is 168 Å². The third-order valence-electron chi connectivity index (χ3n) is 4.62. The molecular weight excluding hydrogens is 354 g/mol. The first kappa shape index (κ1) is 23.7. The van der Waals surface area contributed by atoms with Crippen LogP contribution in [0, 0.1) is 0 Å². The highest BCUT2D eigenvalue weighted by Crippen LogP contribution is 2.08. The van der Waals surface area contributed by atoms with Gasteiger partial charge in [-0.15, -0.1) is 0 Å². The molecule has 0 unspecified atom stereocenters. The second kappa shape index (κ2) is 14.7. The van der Waals surface area contributed by atoms with E-state index in [9.17, 15) is 14.4 Å². The molecule has 28 heavy (non-hydrogen) atoms. The molecule has 0 aliphatic heterocycles. The number of rotatable bonds is 15. The molecule has 0 radical (unpaired) electrons. The average Bonchev–Trinajstić information content (AvgIpc) is 2.67. The van der Waals surface area contributed by atoms with Gasteiger partial charge in [-0.2, -0.15) is 0 Å². The fraction of sp³-hybridized carbons (Fsp3) is 0.591. The quantitative estimate of drug-likeness (QED) is 0.402. The topological polar surface area (TPSA) is 101 Å². The maximum Gasteiger partial charge on any atom is 0.243 e. The molecule has 0 heterocycles. The first-order chi connectivity index (χ1) is 13.5. The highest BCUT2D eigenvalue weighted by atomic mass is 16.2. The lowest BCUT2D eigenvalue weighted by Crippen LogP contribution is -2.48. The smallest absolute Gasteiger partial charge is 0.243 e. The van der Waals surface area contributed by atoms with Crippen molar-refractivity contribution >= 4 is 17.7 Å². The molecule has 0 bridgehead atoms. The van der Waals surface area contributed by atoms with Crippen LogP contribution in [0.1, 0.15) is 70.3 Å². The summed E-state index contributed by atoms with van der Waals surface area (Å²) < 4.78 is 0. The fourth-order valence-electron chi connectivity index (χ4n) is 3.02. The second-order valence-corrected chi connectivity index (χ2v) is 7.19. The number of hydrogen-bond donors (Lipinski definition) is 3. The molecule has 4 N–H and O–H groups in total. The Bertz CT molecular complexity index is 590. The monoisotopic (exact) mass is 389 g/mol. The van der Waals surface area contributed by atoms with Crippen molar-refractivity contribution in [2.45, 2.75) is 77.2 Å². The number of amides is 3. The molecule has 1 aromatic rings. The fourth-order valence-corrected chi connectivity index (χ4v) is 3.02. The molecule has 0 fully saturated rings. The van der Waals surface area contributed by atoms with Gasteiger partial charge in [0.25, 0.3) is 0 Å². The van der Waals surface area contributed by atoms with Crippen molar-refractivity contribution in [2.24, 2.45) is 5.73 Å². The van der Waals surface area contributed by atoms with Gasteiger partial charge in [0, 0.05) is 13.0 Å². The average molecular weight is 390 g/mol. The standard InChI is InChI=1S/C22H35N3O3/c1-2-3-4-5-6-7-11-14-21(27)25-19(17-20(23)26)22(28)24-16-15-18-12-9-8-10-13-18/h8-10,12-13,19H,2-7,11,14-17H2,1H3,(H2,23,26)(H,24,28)(H,25,27)/t19-/m1/s1. The van der Waals surface area contributed by atoms with Crippen LogP contribution in [0.25, 0.3) is 0 Å². The van der Waals surface area contributed by atoms with Crippen LogP contribution in [0.5, 0.6) is 0 Å². The van der Waals surface area contributed by atoms with Crippen molar-refractivity contribution in [3.8, 4) is 0 Å². The van der Waals surface area contributed by atoms with Crippen LogP contribution in [0.4, 0.5) is 0 Å². The maximum absolute atomic E-state index is 12.3. The van der Waals surface area contributed by atoms with E-state index in [0.717, 1.165) is 24.8 Å². The predicted octanol–water partition coefficient (Wildman–Crippen LogP) is 2.85. The molecule has 0 saturated heterocycles. The van der Waals surface area contributed by atoms with E-state index in [1.165, 1.54) is 25.7 Å². The lowest BCUT2D eigenvalue weighted by atomic mass is 10.1.